The molecule has 7 heteroatoms. The zero-order valence-corrected chi connectivity index (χ0v) is 17.9. The van der Waals surface area contributed by atoms with Crippen molar-refractivity contribution in [2.75, 3.05) is 38.2 Å². The summed E-state index contributed by atoms with van der Waals surface area (Å²) in [7, 11) is 1.71. The quantitative estimate of drug-likeness (QED) is 0.775. The molecule has 1 aliphatic carbocycles. The minimum Gasteiger partial charge on any atom is -0.497 e. The van der Waals surface area contributed by atoms with Gasteiger partial charge in [-0.2, -0.15) is 0 Å². The summed E-state index contributed by atoms with van der Waals surface area (Å²) in [6.07, 6.45) is 8.70. The van der Waals surface area contributed by atoms with E-state index >= 15 is 0 Å². The van der Waals surface area contributed by atoms with Crippen LogP contribution < -0.4 is 14.5 Å². The van der Waals surface area contributed by atoms with Gasteiger partial charge in [0.05, 0.1) is 39.3 Å². The molecule has 2 fully saturated rings. The van der Waals surface area contributed by atoms with Crippen LogP contribution in [0.3, 0.4) is 0 Å². The van der Waals surface area contributed by atoms with E-state index in [1.807, 2.05) is 12.1 Å². The van der Waals surface area contributed by atoms with Gasteiger partial charge in [0.15, 0.2) is 0 Å². The van der Waals surface area contributed by atoms with Crippen LogP contribution in [-0.2, 0) is 0 Å². The van der Waals surface area contributed by atoms with Crippen molar-refractivity contribution < 1.29 is 9.64 Å². The molecular formula is C22H35N6O+. The van der Waals surface area contributed by atoms with Crippen LogP contribution in [0.25, 0.3) is 0 Å². The first-order chi connectivity index (χ1) is 14.3. The molecule has 0 radical (unpaired) electrons. The second-order valence-electron chi connectivity index (χ2n) is 8.46. The summed E-state index contributed by atoms with van der Waals surface area (Å²) >= 11 is 0. The Morgan fingerprint density at radius 2 is 1.83 bits per heavy atom. The highest BCUT2D eigenvalue weighted by atomic mass is 16.5. The molecule has 0 bridgehead atoms. The molecule has 158 valence electrons. The van der Waals surface area contributed by atoms with Crippen molar-refractivity contribution >= 4 is 5.69 Å². The fourth-order valence-corrected chi connectivity index (χ4v) is 5.01. The van der Waals surface area contributed by atoms with Crippen LogP contribution in [0.5, 0.6) is 5.75 Å². The van der Waals surface area contributed by atoms with Gasteiger partial charge < -0.3 is 14.5 Å². The summed E-state index contributed by atoms with van der Waals surface area (Å²) in [6.45, 7) is 6.64. The third-order valence-corrected chi connectivity index (χ3v) is 6.66. The highest BCUT2D eigenvalue weighted by Crippen LogP contribution is 2.29. The van der Waals surface area contributed by atoms with Gasteiger partial charge >= 0.3 is 0 Å². The fourth-order valence-electron chi connectivity index (χ4n) is 5.01. The second-order valence-corrected chi connectivity index (χ2v) is 8.46. The molecule has 0 amide bonds. The highest BCUT2D eigenvalue weighted by Gasteiger charge is 2.34. The van der Waals surface area contributed by atoms with E-state index in [2.05, 4.69) is 44.2 Å². The van der Waals surface area contributed by atoms with Gasteiger partial charge in [0, 0.05) is 12.1 Å². The standard InChI is InChI=1S/C22H34N6O/c1-3-7-21(22-23-24-25-28(22)19-8-5-4-6-9-19)27-16-14-26(15-17-27)18-10-12-20(29-2)13-11-18/h10-13,19,21H,3-9,14-17H2,1-2H3/p+1/t21-/m0/s1. The van der Waals surface area contributed by atoms with Gasteiger partial charge in [0.2, 0.25) is 5.82 Å². The van der Waals surface area contributed by atoms with Gasteiger partial charge in [-0.3, -0.25) is 0 Å². The summed E-state index contributed by atoms with van der Waals surface area (Å²) in [5.74, 6) is 2.03. The van der Waals surface area contributed by atoms with Crippen molar-refractivity contribution in [2.24, 2.45) is 0 Å². The molecule has 1 saturated heterocycles. The lowest BCUT2D eigenvalue weighted by Crippen LogP contribution is -3.15. The predicted octanol–water partition coefficient (Wildman–Crippen LogP) is 2.43. The molecule has 1 N–H and O–H groups in total. The number of aromatic nitrogens is 4. The molecule has 1 aromatic heterocycles. The number of methoxy groups -OCH3 is 1. The van der Waals surface area contributed by atoms with Crippen LogP contribution in [-0.4, -0.2) is 53.5 Å². The minimum atomic E-state index is 0.398. The van der Waals surface area contributed by atoms with Gasteiger partial charge in [0.1, 0.15) is 11.8 Å². The molecule has 1 aliphatic heterocycles. The Balaban J connectivity index is 1.44. The van der Waals surface area contributed by atoms with Crippen LogP contribution in [0.4, 0.5) is 5.69 Å². The van der Waals surface area contributed by atoms with Crippen molar-refractivity contribution in [2.45, 2.75) is 64.0 Å². The molecular weight excluding hydrogens is 364 g/mol. The highest BCUT2D eigenvalue weighted by molar-refractivity contribution is 5.49. The van der Waals surface area contributed by atoms with Crippen molar-refractivity contribution in [3.05, 3.63) is 30.1 Å². The Hall–Kier alpha value is -2.15. The topological polar surface area (TPSA) is 60.5 Å². The molecule has 7 nitrogen and oxygen atoms in total. The lowest BCUT2D eigenvalue weighted by Gasteiger charge is -2.37. The zero-order chi connectivity index (χ0) is 20.1. The van der Waals surface area contributed by atoms with Crippen LogP contribution in [0, 0.1) is 0 Å². The normalized spacial score (nSPS) is 20.0. The maximum atomic E-state index is 5.29. The number of ether oxygens (including phenoxy) is 1. The Kier molecular flexibility index (Phi) is 6.64. The number of quaternary nitrogens is 1. The first-order valence-electron chi connectivity index (χ1n) is 11.3. The fraction of sp³-hybridized carbons (Fsp3) is 0.682. The lowest BCUT2D eigenvalue weighted by molar-refractivity contribution is -0.933. The molecule has 2 heterocycles. The SMILES string of the molecule is CCC[C@@H](c1nnnn1C1CCCCC1)[NH+]1CCN(c2ccc(OC)cc2)CC1. The number of tetrazole rings is 1. The number of rotatable bonds is 7. The number of nitrogens with zero attached hydrogens (tertiary/aromatic N) is 5. The molecule has 1 atom stereocenters. The first kappa shape index (κ1) is 20.1. The summed E-state index contributed by atoms with van der Waals surface area (Å²) in [6, 6.07) is 9.32. The van der Waals surface area contributed by atoms with Gasteiger partial charge in [-0.15, -0.1) is 5.10 Å². The number of nitrogens with one attached hydrogen (secondary N) is 1. The van der Waals surface area contributed by atoms with E-state index < -0.39 is 0 Å². The second kappa shape index (κ2) is 9.57. The number of benzene rings is 1. The van der Waals surface area contributed by atoms with Gasteiger partial charge in [0.25, 0.3) is 0 Å². The molecule has 2 aliphatic rings. The van der Waals surface area contributed by atoms with Crippen LogP contribution >= 0.6 is 0 Å². The van der Waals surface area contributed by atoms with E-state index in [9.17, 15) is 0 Å². The van der Waals surface area contributed by atoms with Gasteiger partial charge in [-0.25, -0.2) is 4.68 Å². The van der Waals surface area contributed by atoms with E-state index in [0.29, 0.717) is 12.1 Å². The Labute approximate surface area is 174 Å². The van der Waals surface area contributed by atoms with E-state index in [4.69, 9.17) is 4.74 Å². The molecule has 1 aromatic carbocycles. The third kappa shape index (κ3) is 4.55. The third-order valence-electron chi connectivity index (χ3n) is 6.66. The monoisotopic (exact) mass is 399 g/mol. The van der Waals surface area contributed by atoms with Crippen molar-refractivity contribution in [3.8, 4) is 5.75 Å². The van der Waals surface area contributed by atoms with Gasteiger partial charge in [-0.1, -0.05) is 32.6 Å². The minimum absolute atomic E-state index is 0.398. The average Bonchev–Trinajstić information content (AvgIpc) is 3.28. The van der Waals surface area contributed by atoms with Crippen molar-refractivity contribution in [1.82, 2.24) is 20.2 Å². The molecule has 29 heavy (non-hydrogen) atoms. The zero-order valence-electron chi connectivity index (χ0n) is 17.9. The summed E-state index contributed by atoms with van der Waals surface area (Å²) < 4.78 is 7.47. The van der Waals surface area contributed by atoms with Crippen LogP contribution in [0.15, 0.2) is 24.3 Å². The van der Waals surface area contributed by atoms with E-state index in [1.54, 1.807) is 12.0 Å². The average molecular weight is 400 g/mol. The molecule has 4 rings (SSSR count). The maximum absolute atomic E-state index is 5.29. The smallest absolute Gasteiger partial charge is 0.209 e. The number of piperazine rings is 1. The summed E-state index contributed by atoms with van der Waals surface area (Å²) in [5, 5.41) is 13.1. The first-order valence-corrected chi connectivity index (χ1v) is 11.3. The lowest BCUT2D eigenvalue weighted by atomic mass is 9.95. The molecule has 0 spiro atoms. The molecule has 1 saturated carbocycles. The Bertz CT molecular complexity index is 747. The maximum Gasteiger partial charge on any atom is 0.209 e. The van der Waals surface area contributed by atoms with Crippen LogP contribution in [0.1, 0.15) is 69.8 Å². The Morgan fingerprint density at radius 3 is 2.48 bits per heavy atom. The molecule has 0 unspecified atom stereocenters. The predicted molar refractivity (Wildman–Crippen MR) is 113 cm³/mol. The number of hydrogen-bond donors (Lipinski definition) is 1. The Morgan fingerprint density at radius 1 is 1.10 bits per heavy atom. The van der Waals surface area contributed by atoms with Crippen LogP contribution in [0.2, 0.25) is 0 Å². The number of hydrogen-bond acceptors (Lipinski definition) is 5. The largest absolute Gasteiger partial charge is 0.497 e. The van der Waals surface area contributed by atoms with E-state index in [0.717, 1.165) is 50.6 Å². The van der Waals surface area contributed by atoms with E-state index in [1.165, 1.54) is 37.8 Å². The van der Waals surface area contributed by atoms with Crippen molar-refractivity contribution in [3.63, 3.8) is 0 Å². The number of anilines is 1. The summed E-state index contributed by atoms with van der Waals surface area (Å²) in [5.41, 5.74) is 1.28. The van der Waals surface area contributed by atoms with Crippen molar-refractivity contribution in [1.29, 1.82) is 0 Å². The van der Waals surface area contributed by atoms with Gasteiger partial charge in [-0.05, 0) is 47.5 Å². The summed E-state index contributed by atoms with van der Waals surface area (Å²) in [4.78, 5) is 4.11. The molecule has 2 aromatic rings. The van der Waals surface area contributed by atoms with E-state index in [-0.39, 0.29) is 0 Å².